The van der Waals surface area contributed by atoms with Crippen molar-refractivity contribution in [3.8, 4) is 11.8 Å². The Morgan fingerprint density at radius 1 is 0.964 bits per heavy atom. The highest BCUT2D eigenvalue weighted by Crippen LogP contribution is 2.24. The summed E-state index contributed by atoms with van der Waals surface area (Å²) in [7, 11) is 0. The first-order valence-corrected chi connectivity index (χ1v) is 9.30. The minimum Gasteiger partial charge on any atom is -0.550 e. The molecule has 1 heterocycles. The molecule has 0 aliphatic rings. The molecule has 3 aromatic carbocycles. The highest BCUT2D eigenvalue weighted by Gasteiger charge is 2.25. The average Bonchev–Trinajstić information content (AvgIpc) is 2.74. The smallest absolute Gasteiger partial charge is 0.426 e. The van der Waals surface area contributed by atoms with E-state index in [1.54, 1.807) is 12.3 Å². The number of nitriles is 1. The third kappa shape index (κ3) is 3.58. The summed E-state index contributed by atoms with van der Waals surface area (Å²) in [6, 6.07) is 25.3. The number of pyridine rings is 1. The number of fused-ring (bicyclic) bond motifs is 1. The van der Waals surface area contributed by atoms with Gasteiger partial charge in [0.05, 0.1) is 11.6 Å². The molecule has 0 saturated carbocycles. The Balaban J connectivity index is 1.84. The number of hydrogen-bond donors (Lipinski definition) is 0. The molecule has 28 heavy (non-hydrogen) atoms. The van der Waals surface area contributed by atoms with Crippen LogP contribution >= 0.6 is 11.6 Å². The molecule has 0 bridgehead atoms. The number of rotatable bonds is 4. The molecule has 1 aromatic heterocycles. The Bertz CT molecular complexity index is 1200. The van der Waals surface area contributed by atoms with Crippen molar-refractivity contribution in [2.75, 3.05) is 0 Å². The van der Waals surface area contributed by atoms with Crippen molar-refractivity contribution in [3.63, 3.8) is 0 Å². The number of nitrogens with zero attached hydrogens (tertiary/aromatic N) is 2. The third-order valence-electron chi connectivity index (χ3n) is 4.66. The standard InChI is InChI=1S/C23H16BClN2O/c1-16-10-11-20(14-21(16)25)24(19-8-2-5-17(13-19)15-26)28-22-9-3-6-18-7-4-12-27-23(18)22/h2-14H,1H3. The van der Waals surface area contributed by atoms with E-state index in [4.69, 9.17) is 16.3 Å². The number of para-hydroxylation sites is 1. The summed E-state index contributed by atoms with van der Waals surface area (Å²) in [6.45, 7) is 1.55. The van der Waals surface area contributed by atoms with Crippen LogP contribution in [0.2, 0.25) is 5.02 Å². The van der Waals surface area contributed by atoms with Gasteiger partial charge in [-0.3, -0.25) is 4.98 Å². The second kappa shape index (κ2) is 7.76. The third-order valence-corrected chi connectivity index (χ3v) is 5.06. The van der Waals surface area contributed by atoms with Gasteiger partial charge in [-0.05, 0) is 53.7 Å². The van der Waals surface area contributed by atoms with Crippen LogP contribution in [0.3, 0.4) is 0 Å². The van der Waals surface area contributed by atoms with Crippen molar-refractivity contribution < 1.29 is 4.65 Å². The van der Waals surface area contributed by atoms with E-state index in [1.165, 1.54) is 0 Å². The van der Waals surface area contributed by atoms with E-state index in [9.17, 15) is 5.26 Å². The lowest BCUT2D eigenvalue weighted by atomic mass is 9.55. The van der Waals surface area contributed by atoms with E-state index < -0.39 is 6.92 Å². The number of aromatic nitrogens is 1. The second-order valence-corrected chi connectivity index (χ2v) is 6.98. The Morgan fingerprint density at radius 2 is 1.75 bits per heavy atom. The van der Waals surface area contributed by atoms with Gasteiger partial charge in [0, 0.05) is 16.6 Å². The minimum atomic E-state index is -0.418. The van der Waals surface area contributed by atoms with Gasteiger partial charge in [-0.25, -0.2) is 0 Å². The summed E-state index contributed by atoms with van der Waals surface area (Å²) < 4.78 is 6.46. The SMILES string of the molecule is Cc1ccc(B(Oc2cccc3cccnc23)c2cccc(C#N)c2)cc1Cl. The quantitative estimate of drug-likeness (QED) is 0.496. The lowest BCUT2D eigenvalue weighted by Crippen LogP contribution is -2.47. The largest absolute Gasteiger partial charge is 0.550 e. The van der Waals surface area contributed by atoms with Crippen LogP contribution in [0.15, 0.2) is 79.0 Å². The second-order valence-electron chi connectivity index (χ2n) is 6.58. The molecular formula is C23H16BClN2O. The van der Waals surface area contributed by atoms with Gasteiger partial charge in [-0.2, -0.15) is 5.26 Å². The molecule has 0 N–H and O–H groups in total. The maximum absolute atomic E-state index is 9.30. The van der Waals surface area contributed by atoms with Crippen molar-refractivity contribution in [1.29, 1.82) is 5.26 Å². The molecule has 0 saturated heterocycles. The molecular weight excluding hydrogens is 367 g/mol. The molecule has 0 fully saturated rings. The predicted octanol–water partition coefficient (Wildman–Crippen LogP) is 4.25. The fraction of sp³-hybridized carbons (Fsp3) is 0.0435. The van der Waals surface area contributed by atoms with Crippen LogP contribution in [0.4, 0.5) is 0 Å². The fourth-order valence-electron chi connectivity index (χ4n) is 3.17. The topological polar surface area (TPSA) is 45.9 Å². The lowest BCUT2D eigenvalue weighted by molar-refractivity contribution is 0.597. The zero-order valence-corrected chi connectivity index (χ0v) is 16.0. The van der Waals surface area contributed by atoms with Gasteiger partial charge >= 0.3 is 6.92 Å². The molecule has 3 nitrogen and oxygen atoms in total. The van der Waals surface area contributed by atoms with Crippen LogP contribution in [0.25, 0.3) is 10.9 Å². The van der Waals surface area contributed by atoms with Crippen molar-refractivity contribution in [2.45, 2.75) is 6.92 Å². The van der Waals surface area contributed by atoms with Crippen molar-refractivity contribution in [3.05, 3.63) is 95.1 Å². The van der Waals surface area contributed by atoms with Crippen molar-refractivity contribution in [2.24, 2.45) is 0 Å². The molecule has 0 aliphatic carbocycles. The maximum Gasteiger partial charge on any atom is 0.426 e. The fourth-order valence-corrected chi connectivity index (χ4v) is 3.36. The van der Waals surface area contributed by atoms with Crippen LogP contribution in [0.5, 0.6) is 5.75 Å². The van der Waals surface area contributed by atoms with Gasteiger partial charge in [0.1, 0.15) is 11.3 Å². The normalized spacial score (nSPS) is 10.5. The molecule has 0 radical (unpaired) electrons. The van der Waals surface area contributed by atoms with Gasteiger partial charge < -0.3 is 4.65 Å². The first kappa shape index (κ1) is 18.1. The highest BCUT2D eigenvalue weighted by atomic mass is 35.5. The van der Waals surface area contributed by atoms with Gasteiger partial charge in [0.15, 0.2) is 0 Å². The van der Waals surface area contributed by atoms with Crippen molar-refractivity contribution >= 4 is 40.3 Å². The van der Waals surface area contributed by atoms with E-state index in [0.717, 1.165) is 27.4 Å². The van der Waals surface area contributed by atoms with Crippen molar-refractivity contribution in [1.82, 2.24) is 4.98 Å². The van der Waals surface area contributed by atoms with Crippen LogP contribution in [-0.2, 0) is 0 Å². The summed E-state index contributed by atoms with van der Waals surface area (Å²) in [6.07, 6.45) is 1.75. The summed E-state index contributed by atoms with van der Waals surface area (Å²) in [5, 5.41) is 11.0. The Hall–Kier alpha value is -3.29. The molecule has 134 valence electrons. The van der Waals surface area contributed by atoms with Crippen LogP contribution < -0.4 is 15.6 Å². The van der Waals surface area contributed by atoms with E-state index in [2.05, 4.69) is 11.1 Å². The number of hydrogen-bond acceptors (Lipinski definition) is 3. The van der Waals surface area contributed by atoms with E-state index in [-0.39, 0.29) is 0 Å². The molecule has 0 aliphatic heterocycles. The molecule has 5 heteroatoms. The molecule has 4 rings (SSSR count). The monoisotopic (exact) mass is 382 g/mol. The molecule has 4 aromatic rings. The Morgan fingerprint density at radius 3 is 2.57 bits per heavy atom. The molecule has 0 unspecified atom stereocenters. The highest BCUT2D eigenvalue weighted by molar-refractivity contribution is 6.80. The Kier molecular flexibility index (Phi) is 5.01. The molecule has 0 amide bonds. The summed E-state index contributed by atoms with van der Waals surface area (Å²) in [5.74, 6) is 0.683. The van der Waals surface area contributed by atoms with Gasteiger partial charge in [-0.15, -0.1) is 0 Å². The first-order chi connectivity index (χ1) is 13.7. The number of aryl methyl sites for hydroxylation is 1. The number of benzene rings is 3. The summed E-state index contributed by atoms with van der Waals surface area (Å²) >= 11 is 6.38. The zero-order valence-electron chi connectivity index (χ0n) is 15.3. The van der Waals surface area contributed by atoms with Gasteiger partial charge in [0.25, 0.3) is 0 Å². The van der Waals surface area contributed by atoms with E-state index in [1.807, 2.05) is 73.7 Å². The summed E-state index contributed by atoms with van der Waals surface area (Å²) in [4.78, 5) is 4.48. The summed E-state index contributed by atoms with van der Waals surface area (Å²) in [5.41, 5.74) is 4.18. The number of halogens is 1. The zero-order chi connectivity index (χ0) is 19.5. The van der Waals surface area contributed by atoms with E-state index in [0.29, 0.717) is 16.3 Å². The van der Waals surface area contributed by atoms with Crippen LogP contribution in [0.1, 0.15) is 11.1 Å². The Labute approximate surface area is 169 Å². The molecule has 0 spiro atoms. The van der Waals surface area contributed by atoms with Crippen LogP contribution in [-0.4, -0.2) is 11.9 Å². The average molecular weight is 383 g/mol. The minimum absolute atomic E-state index is 0.418. The molecule has 0 atom stereocenters. The van der Waals surface area contributed by atoms with Crippen LogP contribution in [0, 0.1) is 18.3 Å². The van der Waals surface area contributed by atoms with E-state index >= 15 is 0 Å². The van der Waals surface area contributed by atoms with Gasteiger partial charge in [0.2, 0.25) is 0 Å². The first-order valence-electron chi connectivity index (χ1n) is 8.92. The maximum atomic E-state index is 9.30. The predicted molar refractivity (Wildman–Crippen MR) is 115 cm³/mol. The lowest BCUT2D eigenvalue weighted by Gasteiger charge is -2.18. The van der Waals surface area contributed by atoms with Gasteiger partial charge in [-0.1, -0.05) is 54.1 Å².